The molecule has 100 valence electrons. The molecule has 0 aromatic carbocycles. The van der Waals surface area contributed by atoms with Crippen LogP contribution < -0.4 is 0 Å². The molecule has 0 N–H and O–H groups in total. The minimum Gasteiger partial charge on any atom is -0.465 e. The van der Waals surface area contributed by atoms with E-state index < -0.39 is 5.97 Å². The van der Waals surface area contributed by atoms with E-state index in [0.29, 0.717) is 10.6 Å². The molecular formula is C12H12BrN3O2S. The van der Waals surface area contributed by atoms with Gasteiger partial charge in [0.1, 0.15) is 5.01 Å². The lowest BCUT2D eigenvalue weighted by Crippen LogP contribution is -2.03. The highest BCUT2D eigenvalue weighted by Gasteiger charge is 2.17. The molecule has 0 aliphatic carbocycles. The average molecular weight is 342 g/mol. The van der Waals surface area contributed by atoms with Crippen LogP contribution in [0.5, 0.6) is 0 Å². The zero-order chi connectivity index (χ0) is 14.0. The molecule has 2 aromatic rings. The van der Waals surface area contributed by atoms with Crippen molar-refractivity contribution in [3.05, 3.63) is 32.4 Å². The van der Waals surface area contributed by atoms with Crippen molar-refractivity contribution in [2.24, 2.45) is 7.05 Å². The smallest absolute Gasteiger partial charge is 0.340 e. The van der Waals surface area contributed by atoms with Crippen LogP contribution in [-0.4, -0.2) is 27.8 Å². The molecule has 0 spiro atoms. The van der Waals surface area contributed by atoms with Gasteiger partial charge in [-0.15, -0.1) is 11.3 Å². The average Bonchev–Trinajstić information content (AvgIpc) is 2.91. The number of aromatic nitrogens is 3. The van der Waals surface area contributed by atoms with Crippen LogP contribution in [0.15, 0.2) is 16.2 Å². The van der Waals surface area contributed by atoms with Gasteiger partial charge in [0.15, 0.2) is 0 Å². The van der Waals surface area contributed by atoms with Crippen molar-refractivity contribution in [2.45, 2.75) is 6.92 Å². The number of ether oxygens (including phenoxy) is 1. The van der Waals surface area contributed by atoms with Crippen LogP contribution >= 0.6 is 27.3 Å². The van der Waals surface area contributed by atoms with E-state index in [1.165, 1.54) is 18.4 Å². The molecule has 0 saturated heterocycles. The van der Waals surface area contributed by atoms with E-state index in [2.05, 4.69) is 26.0 Å². The fourth-order valence-corrected chi connectivity index (χ4v) is 2.82. The Hall–Kier alpha value is -1.47. The lowest BCUT2D eigenvalue weighted by molar-refractivity contribution is -0.133. The van der Waals surface area contributed by atoms with Gasteiger partial charge >= 0.3 is 5.97 Å². The number of carbonyl (C=O) groups is 1. The summed E-state index contributed by atoms with van der Waals surface area (Å²) in [4.78, 5) is 16.1. The molecule has 19 heavy (non-hydrogen) atoms. The first kappa shape index (κ1) is 14.0. The molecular weight excluding hydrogens is 330 g/mol. The summed E-state index contributed by atoms with van der Waals surface area (Å²) < 4.78 is 7.38. The fraction of sp³-hybridized carbons (Fsp3) is 0.250. The fourth-order valence-electron chi connectivity index (χ4n) is 1.61. The maximum atomic E-state index is 11.9. The third-order valence-corrected chi connectivity index (χ3v) is 3.97. The van der Waals surface area contributed by atoms with E-state index in [1.807, 2.05) is 20.2 Å². The van der Waals surface area contributed by atoms with Crippen LogP contribution in [0, 0.1) is 6.92 Å². The predicted octanol–water partition coefficient (Wildman–Crippen LogP) is 2.66. The third-order valence-electron chi connectivity index (χ3n) is 2.46. The molecule has 0 unspecified atom stereocenters. The molecule has 0 fully saturated rings. The maximum Gasteiger partial charge on any atom is 0.340 e. The van der Waals surface area contributed by atoms with Crippen molar-refractivity contribution in [1.82, 2.24) is 14.8 Å². The monoisotopic (exact) mass is 341 g/mol. The van der Waals surface area contributed by atoms with Crippen LogP contribution in [0.2, 0.25) is 0 Å². The first-order chi connectivity index (χ1) is 9.01. The minimum atomic E-state index is -0.412. The van der Waals surface area contributed by atoms with Gasteiger partial charge in [-0.3, -0.25) is 4.68 Å². The van der Waals surface area contributed by atoms with E-state index in [9.17, 15) is 4.79 Å². The Kier molecular flexibility index (Phi) is 4.16. The van der Waals surface area contributed by atoms with E-state index in [4.69, 9.17) is 4.74 Å². The Bertz CT molecular complexity index is 645. The molecule has 2 heterocycles. The van der Waals surface area contributed by atoms with Crippen LogP contribution in [-0.2, 0) is 16.6 Å². The van der Waals surface area contributed by atoms with E-state index in [0.717, 1.165) is 15.0 Å². The number of carbonyl (C=O) groups excluding carboxylic acids is 1. The van der Waals surface area contributed by atoms with Gasteiger partial charge in [0, 0.05) is 18.8 Å². The normalized spacial score (nSPS) is 11.7. The SMILES string of the molecule is COC(=O)C(=Cc1cn(C)nc1C)c1ncc(Br)s1. The van der Waals surface area contributed by atoms with E-state index in [1.54, 1.807) is 17.0 Å². The first-order valence-corrected chi connectivity index (χ1v) is 7.04. The second-order valence-corrected chi connectivity index (χ2v) is 6.27. The summed E-state index contributed by atoms with van der Waals surface area (Å²) in [6.45, 7) is 1.89. The topological polar surface area (TPSA) is 57.0 Å². The summed E-state index contributed by atoms with van der Waals surface area (Å²) in [5.74, 6) is -0.412. The molecule has 2 rings (SSSR count). The highest BCUT2D eigenvalue weighted by atomic mass is 79.9. The second-order valence-electron chi connectivity index (χ2n) is 3.86. The lowest BCUT2D eigenvalue weighted by atomic mass is 10.1. The summed E-state index contributed by atoms with van der Waals surface area (Å²) >= 11 is 4.72. The number of hydrogen-bond acceptors (Lipinski definition) is 5. The minimum absolute atomic E-state index is 0.412. The summed E-state index contributed by atoms with van der Waals surface area (Å²) in [5.41, 5.74) is 2.14. The van der Waals surface area contributed by atoms with Crippen LogP contribution in [0.1, 0.15) is 16.3 Å². The van der Waals surface area contributed by atoms with Gasteiger partial charge in [-0.25, -0.2) is 9.78 Å². The largest absolute Gasteiger partial charge is 0.465 e. The van der Waals surface area contributed by atoms with Gasteiger partial charge in [0.2, 0.25) is 0 Å². The Morgan fingerprint density at radius 3 is 2.79 bits per heavy atom. The Balaban J connectivity index is 2.49. The number of rotatable bonds is 3. The second kappa shape index (κ2) is 5.66. The van der Waals surface area contributed by atoms with Gasteiger partial charge < -0.3 is 4.74 Å². The van der Waals surface area contributed by atoms with Crippen LogP contribution in [0.4, 0.5) is 0 Å². The van der Waals surface area contributed by atoms with Crippen molar-refractivity contribution in [3.63, 3.8) is 0 Å². The standard InChI is InChI=1S/C12H12BrN3O2S/c1-7-8(6-16(2)15-7)4-9(12(17)18-3)11-14-5-10(13)19-11/h4-6H,1-3H3. The summed E-state index contributed by atoms with van der Waals surface area (Å²) in [7, 11) is 3.19. The van der Waals surface area contributed by atoms with E-state index in [-0.39, 0.29) is 0 Å². The Morgan fingerprint density at radius 2 is 2.32 bits per heavy atom. The van der Waals surface area contributed by atoms with E-state index >= 15 is 0 Å². The Morgan fingerprint density at radius 1 is 1.58 bits per heavy atom. The zero-order valence-electron chi connectivity index (χ0n) is 10.7. The molecule has 0 saturated carbocycles. The van der Waals surface area contributed by atoms with Gasteiger partial charge in [0.05, 0.1) is 28.4 Å². The van der Waals surface area contributed by atoms with Gasteiger partial charge in [-0.1, -0.05) is 0 Å². The first-order valence-electron chi connectivity index (χ1n) is 5.43. The van der Waals surface area contributed by atoms with Crippen molar-refractivity contribution >= 4 is 44.9 Å². The Labute approximate surface area is 123 Å². The number of hydrogen-bond donors (Lipinski definition) is 0. The van der Waals surface area contributed by atoms with Crippen LogP contribution in [0.3, 0.4) is 0 Å². The number of esters is 1. The van der Waals surface area contributed by atoms with Gasteiger partial charge in [-0.2, -0.15) is 5.10 Å². The predicted molar refractivity (Wildman–Crippen MR) is 77.6 cm³/mol. The van der Waals surface area contributed by atoms with Crippen molar-refractivity contribution in [2.75, 3.05) is 7.11 Å². The number of halogens is 1. The zero-order valence-corrected chi connectivity index (χ0v) is 13.1. The molecule has 5 nitrogen and oxygen atoms in total. The van der Waals surface area contributed by atoms with Crippen molar-refractivity contribution < 1.29 is 9.53 Å². The highest BCUT2D eigenvalue weighted by Crippen LogP contribution is 2.28. The quantitative estimate of drug-likeness (QED) is 0.636. The highest BCUT2D eigenvalue weighted by molar-refractivity contribution is 9.11. The van der Waals surface area contributed by atoms with Crippen molar-refractivity contribution in [3.8, 4) is 0 Å². The number of thiazole rings is 1. The summed E-state index contributed by atoms with van der Waals surface area (Å²) in [6, 6.07) is 0. The van der Waals surface area contributed by atoms with Crippen molar-refractivity contribution in [1.29, 1.82) is 0 Å². The molecule has 2 aromatic heterocycles. The summed E-state index contributed by atoms with van der Waals surface area (Å²) in [6.07, 6.45) is 5.26. The molecule has 0 radical (unpaired) electrons. The maximum absolute atomic E-state index is 11.9. The summed E-state index contributed by atoms with van der Waals surface area (Å²) in [5, 5.41) is 4.85. The van der Waals surface area contributed by atoms with Gasteiger partial charge in [0.25, 0.3) is 0 Å². The third kappa shape index (κ3) is 3.10. The number of nitrogens with zero attached hydrogens (tertiary/aromatic N) is 3. The molecule has 0 aliphatic rings. The number of methoxy groups -OCH3 is 1. The lowest BCUT2D eigenvalue weighted by Gasteiger charge is -2.01. The molecule has 0 bridgehead atoms. The molecule has 7 heteroatoms. The van der Waals surface area contributed by atoms with Gasteiger partial charge in [-0.05, 0) is 28.9 Å². The molecule has 0 aliphatic heterocycles. The molecule has 0 amide bonds. The molecule has 0 atom stereocenters. The number of aryl methyl sites for hydroxylation is 2. The van der Waals surface area contributed by atoms with Crippen LogP contribution in [0.25, 0.3) is 11.6 Å².